The number of aromatic nitrogens is 2. The Hall–Kier alpha value is -3.08. The molecule has 0 aliphatic carbocycles. The van der Waals surface area contributed by atoms with Gasteiger partial charge in [0, 0.05) is 24.5 Å². The molecule has 2 N–H and O–H groups in total. The lowest BCUT2D eigenvalue weighted by Gasteiger charge is -2.10. The molecule has 128 valence electrons. The third-order valence-electron chi connectivity index (χ3n) is 4.07. The van der Waals surface area contributed by atoms with E-state index in [2.05, 4.69) is 22.4 Å². The summed E-state index contributed by atoms with van der Waals surface area (Å²) in [5.74, 6) is 0.822. The van der Waals surface area contributed by atoms with Gasteiger partial charge >= 0.3 is 0 Å². The topological polar surface area (TPSA) is 67.2 Å². The van der Waals surface area contributed by atoms with Gasteiger partial charge in [0.05, 0.1) is 13.0 Å². The van der Waals surface area contributed by atoms with Gasteiger partial charge < -0.3 is 15.0 Å². The fourth-order valence-corrected chi connectivity index (χ4v) is 2.68. The van der Waals surface area contributed by atoms with Gasteiger partial charge in [0.25, 0.3) is 0 Å². The van der Waals surface area contributed by atoms with Crippen molar-refractivity contribution >= 4 is 5.91 Å². The van der Waals surface area contributed by atoms with Gasteiger partial charge in [0.2, 0.25) is 5.91 Å². The van der Waals surface area contributed by atoms with E-state index in [1.165, 1.54) is 5.56 Å². The zero-order valence-corrected chi connectivity index (χ0v) is 13.9. The summed E-state index contributed by atoms with van der Waals surface area (Å²) in [4.78, 5) is 16.4. The Morgan fingerprint density at radius 2 is 1.84 bits per heavy atom. The minimum Gasteiger partial charge on any atom is -0.508 e. The van der Waals surface area contributed by atoms with Gasteiger partial charge in [-0.25, -0.2) is 4.98 Å². The van der Waals surface area contributed by atoms with Crippen molar-refractivity contribution < 1.29 is 9.90 Å². The third-order valence-corrected chi connectivity index (χ3v) is 4.07. The summed E-state index contributed by atoms with van der Waals surface area (Å²) in [5.41, 5.74) is 1.89. The summed E-state index contributed by atoms with van der Waals surface area (Å²) in [5, 5.41) is 12.6. The van der Waals surface area contributed by atoms with Crippen molar-refractivity contribution in [2.45, 2.75) is 25.9 Å². The van der Waals surface area contributed by atoms with E-state index < -0.39 is 0 Å². The van der Waals surface area contributed by atoms with Gasteiger partial charge in [-0.2, -0.15) is 0 Å². The number of amides is 1. The number of phenolic OH excluding ortho intramolecular Hbond substituents is 1. The second kappa shape index (κ2) is 8.15. The lowest BCUT2D eigenvalue weighted by Crippen LogP contribution is -2.26. The minimum absolute atomic E-state index is 0.140. The summed E-state index contributed by atoms with van der Waals surface area (Å²) in [6.45, 7) is 1.18. The van der Waals surface area contributed by atoms with Crippen LogP contribution in [0.15, 0.2) is 67.0 Å². The number of benzene rings is 2. The van der Waals surface area contributed by atoms with Crippen molar-refractivity contribution in [3.05, 3.63) is 83.9 Å². The molecule has 0 aliphatic heterocycles. The van der Waals surface area contributed by atoms with Gasteiger partial charge in [0.1, 0.15) is 11.6 Å². The SMILES string of the molecule is O=C(Cc1ccccc1O)NCc1nccn1CCc1ccccc1. The first-order valence-corrected chi connectivity index (χ1v) is 8.30. The molecular formula is C20H21N3O2. The highest BCUT2D eigenvalue weighted by atomic mass is 16.3. The van der Waals surface area contributed by atoms with Gasteiger partial charge in [0.15, 0.2) is 0 Å². The van der Waals surface area contributed by atoms with Crippen molar-refractivity contribution in [2.75, 3.05) is 0 Å². The molecule has 2 aromatic carbocycles. The molecule has 0 fully saturated rings. The lowest BCUT2D eigenvalue weighted by atomic mass is 10.1. The first kappa shape index (κ1) is 16.8. The van der Waals surface area contributed by atoms with E-state index in [4.69, 9.17) is 0 Å². The number of aryl methyl sites for hydroxylation is 2. The molecular weight excluding hydrogens is 314 g/mol. The van der Waals surface area contributed by atoms with E-state index in [0.29, 0.717) is 12.1 Å². The van der Waals surface area contributed by atoms with Crippen LogP contribution in [-0.2, 0) is 30.7 Å². The Bertz CT molecular complexity index is 828. The van der Waals surface area contributed by atoms with Crippen LogP contribution in [0.1, 0.15) is 17.0 Å². The van der Waals surface area contributed by atoms with E-state index in [0.717, 1.165) is 18.8 Å². The van der Waals surface area contributed by atoms with Crippen LogP contribution in [0.25, 0.3) is 0 Å². The second-order valence-corrected chi connectivity index (χ2v) is 5.85. The van der Waals surface area contributed by atoms with E-state index in [1.54, 1.807) is 30.5 Å². The van der Waals surface area contributed by atoms with E-state index in [1.807, 2.05) is 29.0 Å². The molecule has 5 nitrogen and oxygen atoms in total. The van der Waals surface area contributed by atoms with Crippen LogP contribution in [0.4, 0.5) is 0 Å². The fourth-order valence-electron chi connectivity index (χ4n) is 2.68. The molecule has 1 amide bonds. The molecule has 1 heterocycles. The zero-order chi connectivity index (χ0) is 17.5. The summed E-state index contributed by atoms with van der Waals surface area (Å²) in [6, 6.07) is 17.1. The number of hydrogen-bond acceptors (Lipinski definition) is 3. The monoisotopic (exact) mass is 335 g/mol. The van der Waals surface area contributed by atoms with Crippen LogP contribution < -0.4 is 5.32 Å². The van der Waals surface area contributed by atoms with E-state index >= 15 is 0 Å². The quantitative estimate of drug-likeness (QED) is 0.697. The smallest absolute Gasteiger partial charge is 0.224 e. The van der Waals surface area contributed by atoms with E-state index in [9.17, 15) is 9.90 Å². The van der Waals surface area contributed by atoms with Crippen molar-refractivity contribution in [1.82, 2.24) is 14.9 Å². The highest BCUT2D eigenvalue weighted by Gasteiger charge is 2.09. The molecule has 0 aliphatic rings. The second-order valence-electron chi connectivity index (χ2n) is 5.85. The van der Waals surface area contributed by atoms with Gasteiger partial charge in [-0.05, 0) is 18.1 Å². The van der Waals surface area contributed by atoms with Crippen LogP contribution in [0.2, 0.25) is 0 Å². The molecule has 3 rings (SSSR count). The molecule has 0 radical (unpaired) electrons. The maximum absolute atomic E-state index is 12.1. The molecule has 1 aromatic heterocycles. The number of nitrogens with zero attached hydrogens (tertiary/aromatic N) is 2. The summed E-state index contributed by atoms with van der Waals surface area (Å²) < 4.78 is 2.05. The van der Waals surface area contributed by atoms with Crippen LogP contribution in [0, 0.1) is 0 Å². The van der Waals surface area contributed by atoms with Gasteiger partial charge in [-0.3, -0.25) is 4.79 Å². The standard InChI is InChI=1S/C20H21N3O2/c24-18-9-5-4-8-17(18)14-20(25)22-15-19-21-11-13-23(19)12-10-16-6-2-1-3-7-16/h1-9,11,13,24H,10,12,14-15H2,(H,22,25). The highest BCUT2D eigenvalue weighted by Crippen LogP contribution is 2.15. The Morgan fingerprint density at radius 1 is 1.08 bits per heavy atom. The van der Waals surface area contributed by atoms with Crippen molar-refractivity contribution in [3.8, 4) is 5.75 Å². The number of imidazole rings is 1. The number of para-hydroxylation sites is 1. The van der Waals surface area contributed by atoms with Crippen molar-refractivity contribution in [2.24, 2.45) is 0 Å². The zero-order valence-electron chi connectivity index (χ0n) is 13.9. The Morgan fingerprint density at radius 3 is 2.64 bits per heavy atom. The average molecular weight is 335 g/mol. The van der Waals surface area contributed by atoms with Crippen LogP contribution in [0.5, 0.6) is 5.75 Å². The number of carbonyl (C=O) groups excluding carboxylic acids is 1. The largest absolute Gasteiger partial charge is 0.508 e. The number of hydrogen-bond donors (Lipinski definition) is 2. The molecule has 3 aromatic rings. The number of nitrogens with one attached hydrogen (secondary N) is 1. The third kappa shape index (κ3) is 4.70. The number of aromatic hydroxyl groups is 1. The summed E-state index contributed by atoms with van der Waals surface area (Å²) in [6.07, 6.45) is 4.73. The molecule has 0 unspecified atom stereocenters. The summed E-state index contributed by atoms with van der Waals surface area (Å²) >= 11 is 0. The highest BCUT2D eigenvalue weighted by molar-refractivity contribution is 5.79. The molecule has 0 bridgehead atoms. The molecule has 5 heteroatoms. The number of rotatable bonds is 7. The van der Waals surface area contributed by atoms with Crippen LogP contribution >= 0.6 is 0 Å². The van der Waals surface area contributed by atoms with E-state index in [-0.39, 0.29) is 18.1 Å². The Balaban J connectivity index is 1.53. The minimum atomic E-state index is -0.140. The van der Waals surface area contributed by atoms with Gasteiger partial charge in [-0.1, -0.05) is 48.5 Å². The summed E-state index contributed by atoms with van der Waals surface area (Å²) in [7, 11) is 0. The first-order valence-electron chi connectivity index (χ1n) is 8.30. The molecule has 0 saturated heterocycles. The Kier molecular flexibility index (Phi) is 5.46. The van der Waals surface area contributed by atoms with Crippen LogP contribution in [-0.4, -0.2) is 20.6 Å². The van der Waals surface area contributed by atoms with Crippen molar-refractivity contribution in [1.29, 1.82) is 0 Å². The first-order chi connectivity index (χ1) is 12.2. The predicted molar refractivity (Wildman–Crippen MR) is 96.0 cm³/mol. The maximum atomic E-state index is 12.1. The predicted octanol–water partition coefficient (Wildman–Crippen LogP) is 2.69. The molecule has 0 atom stereocenters. The molecule has 0 saturated carbocycles. The fraction of sp³-hybridized carbons (Fsp3) is 0.200. The number of carbonyl (C=O) groups is 1. The van der Waals surface area contributed by atoms with Crippen molar-refractivity contribution in [3.63, 3.8) is 0 Å². The molecule has 0 spiro atoms. The molecule has 25 heavy (non-hydrogen) atoms. The maximum Gasteiger partial charge on any atom is 0.224 e. The van der Waals surface area contributed by atoms with Gasteiger partial charge in [-0.15, -0.1) is 0 Å². The Labute approximate surface area is 147 Å². The lowest BCUT2D eigenvalue weighted by molar-refractivity contribution is -0.120. The normalized spacial score (nSPS) is 10.6. The number of phenols is 1. The van der Waals surface area contributed by atoms with Crippen LogP contribution in [0.3, 0.4) is 0 Å². The average Bonchev–Trinajstić information content (AvgIpc) is 3.08.